The predicted molar refractivity (Wildman–Crippen MR) is 80.3 cm³/mol. The summed E-state index contributed by atoms with van der Waals surface area (Å²) >= 11 is 0. The van der Waals surface area contributed by atoms with Gasteiger partial charge in [-0.2, -0.15) is 4.98 Å². The first-order valence-corrected chi connectivity index (χ1v) is 7.00. The molecule has 0 aliphatic heterocycles. The van der Waals surface area contributed by atoms with Crippen molar-refractivity contribution in [3.8, 4) is 11.4 Å². The minimum absolute atomic E-state index is 0.112. The third kappa shape index (κ3) is 3.67. The van der Waals surface area contributed by atoms with Gasteiger partial charge in [0, 0.05) is 12.1 Å². The van der Waals surface area contributed by atoms with Gasteiger partial charge < -0.3 is 10.3 Å². The van der Waals surface area contributed by atoms with E-state index in [9.17, 15) is 0 Å². The summed E-state index contributed by atoms with van der Waals surface area (Å²) in [5, 5.41) is 4.08. The lowest BCUT2D eigenvalue weighted by atomic mass is 9.84. The molecule has 0 radical (unpaired) electrons. The van der Waals surface area contributed by atoms with Gasteiger partial charge in [-0.05, 0) is 24.8 Å². The Morgan fingerprint density at radius 3 is 2.65 bits per heavy atom. The minimum Gasteiger partial charge on any atom is -0.339 e. The molecule has 108 valence electrons. The quantitative estimate of drug-likeness (QED) is 0.925. The van der Waals surface area contributed by atoms with Crippen molar-refractivity contribution in [3.05, 3.63) is 35.7 Å². The van der Waals surface area contributed by atoms with E-state index in [1.807, 2.05) is 25.1 Å². The highest BCUT2D eigenvalue weighted by Crippen LogP contribution is 2.30. The van der Waals surface area contributed by atoms with Gasteiger partial charge in [-0.25, -0.2) is 0 Å². The van der Waals surface area contributed by atoms with Crippen LogP contribution < -0.4 is 5.73 Å². The summed E-state index contributed by atoms with van der Waals surface area (Å²) in [6.45, 7) is 9.13. The van der Waals surface area contributed by atoms with Crippen molar-refractivity contribution in [3.63, 3.8) is 0 Å². The van der Waals surface area contributed by atoms with Crippen LogP contribution in [0, 0.1) is 12.3 Å². The van der Waals surface area contributed by atoms with E-state index in [2.05, 4.69) is 37.0 Å². The van der Waals surface area contributed by atoms with E-state index < -0.39 is 0 Å². The molecule has 1 unspecified atom stereocenters. The molecule has 2 aromatic rings. The van der Waals surface area contributed by atoms with Crippen LogP contribution in [0.3, 0.4) is 0 Å². The Bertz CT molecular complexity index is 569. The van der Waals surface area contributed by atoms with Crippen molar-refractivity contribution in [1.82, 2.24) is 10.1 Å². The molecule has 0 saturated carbocycles. The van der Waals surface area contributed by atoms with Crippen LogP contribution in [-0.4, -0.2) is 16.7 Å². The Morgan fingerprint density at radius 1 is 1.30 bits per heavy atom. The fourth-order valence-corrected chi connectivity index (χ4v) is 2.31. The fraction of sp³-hybridized carbons (Fsp3) is 0.500. The second-order valence-electron chi connectivity index (χ2n) is 6.52. The van der Waals surface area contributed by atoms with Crippen LogP contribution in [-0.2, 0) is 0 Å². The third-order valence-electron chi connectivity index (χ3n) is 3.21. The number of aryl methyl sites for hydroxylation is 1. The van der Waals surface area contributed by atoms with Gasteiger partial charge in [0.1, 0.15) is 0 Å². The van der Waals surface area contributed by atoms with E-state index in [0.717, 1.165) is 12.0 Å². The monoisotopic (exact) mass is 273 g/mol. The first kappa shape index (κ1) is 14.7. The topological polar surface area (TPSA) is 64.9 Å². The fourth-order valence-electron chi connectivity index (χ4n) is 2.31. The Kier molecular flexibility index (Phi) is 4.23. The zero-order valence-corrected chi connectivity index (χ0v) is 12.7. The molecule has 1 aromatic carbocycles. The lowest BCUT2D eigenvalue weighted by Gasteiger charge is -2.22. The molecule has 1 aromatic heterocycles. The summed E-state index contributed by atoms with van der Waals surface area (Å²) in [6.07, 6.45) is 0.930. The number of rotatable bonds is 4. The molecule has 0 aliphatic rings. The Morgan fingerprint density at radius 2 is 2.05 bits per heavy atom. The molecule has 2 N–H and O–H groups in total. The molecule has 0 amide bonds. The minimum atomic E-state index is 0.112. The van der Waals surface area contributed by atoms with Gasteiger partial charge in [0.05, 0.1) is 5.92 Å². The largest absolute Gasteiger partial charge is 0.339 e. The molecule has 4 heteroatoms. The summed E-state index contributed by atoms with van der Waals surface area (Å²) < 4.78 is 5.42. The summed E-state index contributed by atoms with van der Waals surface area (Å²) in [4.78, 5) is 4.52. The van der Waals surface area contributed by atoms with Crippen molar-refractivity contribution in [2.75, 3.05) is 6.54 Å². The lowest BCUT2D eigenvalue weighted by molar-refractivity contribution is 0.287. The first-order valence-electron chi connectivity index (χ1n) is 7.00. The second-order valence-corrected chi connectivity index (χ2v) is 6.52. The van der Waals surface area contributed by atoms with Gasteiger partial charge in [-0.1, -0.05) is 49.7 Å². The van der Waals surface area contributed by atoms with Crippen LogP contribution in [0.4, 0.5) is 0 Å². The van der Waals surface area contributed by atoms with E-state index in [0.29, 0.717) is 18.3 Å². The van der Waals surface area contributed by atoms with Crippen molar-refractivity contribution in [1.29, 1.82) is 0 Å². The highest BCUT2D eigenvalue weighted by molar-refractivity contribution is 5.55. The predicted octanol–water partition coefficient (Wildman–Crippen LogP) is 3.52. The Hall–Kier alpha value is -1.68. The Balaban J connectivity index is 2.23. The molecule has 20 heavy (non-hydrogen) atoms. The zero-order chi connectivity index (χ0) is 14.8. The van der Waals surface area contributed by atoms with Crippen LogP contribution in [0.15, 0.2) is 28.8 Å². The van der Waals surface area contributed by atoms with Crippen LogP contribution in [0.1, 0.15) is 44.6 Å². The zero-order valence-electron chi connectivity index (χ0n) is 12.7. The lowest BCUT2D eigenvalue weighted by Crippen LogP contribution is -2.19. The van der Waals surface area contributed by atoms with Crippen molar-refractivity contribution < 1.29 is 4.52 Å². The molecule has 0 saturated heterocycles. The van der Waals surface area contributed by atoms with Crippen molar-refractivity contribution in [2.45, 2.75) is 40.0 Å². The SMILES string of the molecule is Cc1cccc(-c2noc(C(CN)CC(C)(C)C)n2)c1. The van der Waals surface area contributed by atoms with E-state index in [1.54, 1.807) is 0 Å². The van der Waals surface area contributed by atoms with Crippen LogP contribution >= 0.6 is 0 Å². The molecule has 1 atom stereocenters. The van der Waals surface area contributed by atoms with E-state index in [4.69, 9.17) is 10.3 Å². The van der Waals surface area contributed by atoms with Gasteiger partial charge in [0.2, 0.25) is 11.7 Å². The van der Waals surface area contributed by atoms with Crippen LogP contribution in [0.2, 0.25) is 0 Å². The van der Waals surface area contributed by atoms with Crippen molar-refractivity contribution >= 4 is 0 Å². The van der Waals surface area contributed by atoms with Crippen LogP contribution in [0.5, 0.6) is 0 Å². The number of hydrogen-bond acceptors (Lipinski definition) is 4. The molecular weight excluding hydrogens is 250 g/mol. The molecular formula is C16H23N3O. The van der Waals surface area contributed by atoms with Gasteiger partial charge in [-0.3, -0.25) is 0 Å². The smallest absolute Gasteiger partial charge is 0.231 e. The molecule has 0 fully saturated rings. The van der Waals surface area contributed by atoms with E-state index >= 15 is 0 Å². The molecule has 1 heterocycles. The number of hydrogen-bond donors (Lipinski definition) is 1. The summed E-state index contributed by atoms with van der Waals surface area (Å²) in [6, 6.07) is 8.09. The van der Waals surface area contributed by atoms with Crippen molar-refractivity contribution in [2.24, 2.45) is 11.1 Å². The first-order chi connectivity index (χ1) is 9.39. The van der Waals surface area contributed by atoms with Gasteiger partial charge in [-0.15, -0.1) is 0 Å². The average molecular weight is 273 g/mol. The Labute approximate surface area is 120 Å². The summed E-state index contributed by atoms with van der Waals surface area (Å²) in [5.41, 5.74) is 8.20. The van der Waals surface area contributed by atoms with E-state index in [-0.39, 0.29) is 11.3 Å². The third-order valence-corrected chi connectivity index (χ3v) is 3.21. The number of benzene rings is 1. The normalized spacial score (nSPS) is 13.4. The average Bonchev–Trinajstić information content (AvgIpc) is 2.84. The summed E-state index contributed by atoms with van der Waals surface area (Å²) in [7, 11) is 0. The standard InChI is InChI=1S/C16H23N3O/c1-11-6-5-7-12(8-11)14-18-15(20-19-14)13(10-17)9-16(2,3)4/h5-8,13H,9-10,17H2,1-4H3. The van der Waals surface area contributed by atoms with Gasteiger partial charge >= 0.3 is 0 Å². The van der Waals surface area contributed by atoms with Crippen LogP contribution in [0.25, 0.3) is 11.4 Å². The van der Waals surface area contributed by atoms with Gasteiger partial charge in [0.15, 0.2) is 0 Å². The van der Waals surface area contributed by atoms with Gasteiger partial charge in [0.25, 0.3) is 0 Å². The molecule has 0 spiro atoms. The second kappa shape index (κ2) is 5.75. The highest BCUT2D eigenvalue weighted by atomic mass is 16.5. The maximum absolute atomic E-state index is 5.86. The van der Waals surface area contributed by atoms with E-state index in [1.165, 1.54) is 5.56 Å². The molecule has 4 nitrogen and oxygen atoms in total. The molecule has 2 rings (SSSR count). The maximum Gasteiger partial charge on any atom is 0.231 e. The number of nitrogens with two attached hydrogens (primary N) is 1. The maximum atomic E-state index is 5.86. The number of nitrogens with zero attached hydrogens (tertiary/aromatic N) is 2. The summed E-state index contributed by atoms with van der Waals surface area (Å²) in [5.74, 6) is 1.39. The molecule has 0 aliphatic carbocycles. The highest BCUT2D eigenvalue weighted by Gasteiger charge is 2.24. The molecule has 0 bridgehead atoms. The number of aromatic nitrogens is 2.